The van der Waals surface area contributed by atoms with Crippen LogP contribution in [0.2, 0.25) is 0 Å². The Morgan fingerprint density at radius 3 is 2.81 bits per heavy atom. The third-order valence-electron chi connectivity index (χ3n) is 3.36. The molecule has 3 N–H and O–H groups in total. The number of aryl methyl sites for hydroxylation is 1. The number of benzene rings is 1. The molecule has 1 aromatic rings. The van der Waals surface area contributed by atoms with Gasteiger partial charge in [-0.2, -0.15) is 0 Å². The average Bonchev–Trinajstić information content (AvgIpc) is 2.71. The number of hydrogen-bond acceptors (Lipinski definition) is 3. The molecule has 3 heteroatoms. The van der Waals surface area contributed by atoms with Gasteiger partial charge in [0, 0.05) is 24.5 Å². The molecule has 1 aliphatic carbocycles. The van der Waals surface area contributed by atoms with E-state index in [4.69, 9.17) is 10.5 Å². The predicted molar refractivity (Wildman–Crippen MR) is 67.7 cm³/mol. The zero-order chi connectivity index (χ0) is 11.5. The molecule has 0 radical (unpaired) electrons. The summed E-state index contributed by atoms with van der Waals surface area (Å²) in [6.07, 6.45) is 3.86. The Labute approximate surface area is 97.0 Å². The van der Waals surface area contributed by atoms with Crippen LogP contribution in [-0.4, -0.2) is 19.3 Å². The van der Waals surface area contributed by atoms with Gasteiger partial charge in [0.1, 0.15) is 0 Å². The van der Waals surface area contributed by atoms with Crippen molar-refractivity contribution in [1.82, 2.24) is 0 Å². The number of methoxy groups -OCH3 is 1. The highest BCUT2D eigenvalue weighted by atomic mass is 16.5. The number of nitrogens with one attached hydrogen (secondary N) is 1. The Bertz CT molecular complexity index is 365. The maximum absolute atomic E-state index is 5.79. The van der Waals surface area contributed by atoms with E-state index in [2.05, 4.69) is 11.4 Å². The summed E-state index contributed by atoms with van der Waals surface area (Å²) in [6.45, 7) is 2.03. The fourth-order valence-corrected chi connectivity index (χ4v) is 2.29. The zero-order valence-corrected chi connectivity index (χ0v) is 9.99. The van der Waals surface area contributed by atoms with Crippen molar-refractivity contribution in [3.8, 4) is 0 Å². The van der Waals surface area contributed by atoms with E-state index < -0.39 is 0 Å². The highest BCUT2D eigenvalue weighted by Gasteiger charge is 2.24. The lowest BCUT2D eigenvalue weighted by Gasteiger charge is -2.15. The molecule has 1 aromatic carbocycles. The van der Waals surface area contributed by atoms with Gasteiger partial charge in [-0.1, -0.05) is 0 Å². The first-order chi connectivity index (χ1) is 7.69. The topological polar surface area (TPSA) is 47.3 Å². The normalized spacial score (nSPS) is 24.6. The molecule has 88 valence electrons. The number of nitrogens with two attached hydrogens (primary N) is 1. The minimum absolute atomic E-state index is 0.423. The molecule has 2 atom stereocenters. The second-order valence-corrected chi connectivity index (χ2v) is 4.58. The SMILES string of the molecule is COC1CCC(Nc2ccc(N)c(C)c2)C1. The van der Waals surface area contributed by atoms with Crippen LogP contribution < -0.4 is 11.1 Å². The third kappa shape index (κ3) is 2.47. The fourth-order valence-electron chi connectivity index (χ4n) is 2.29. The van der Waals surface area contributed by atoms with E-state index in [1.807, 2.05) is 19.1 Å². The Morgan fingerprint density at radius 2 is 2.19 bits per heavy atom. The molecule has 0 amide bonds. The van der Waals surface area contributed by atoms with Crippen molar-refractivity contribution in [3.63, 3.8) is 0 Å². The van der Waals surface area contributed by atoms with Gasteiger partial charge in [0.2, 0.25) is 0 Å². The standard InChI is InChI=1S/C13H20N2O/c1-9-7-10(4-6-13(9)14)15-11-3-5-12(8-11)16-2/h4,6-7,11-12,15H,3,5,8,14H2,1-2H3. The molecule has 0 spiro atoms. The van der Waals surface area contributed by atoms with Gasteiger partial charge < -0.3 is 15.8 Å². The Morgan fingerprint density at radius 1 is 1.38 bits per heavy atom. The van der Waals surface area contributed by atoms with E-state index in [1.54, 1.807) is 7.11 Å². The second-order valence-electron chi connectivity index (χ2n) is 4.58. The van der Waals surface area contributed by atoms with Crippen molar-refractivity contribution in [1.29, 1.82) is 0 Å². The smallest absolute Gasteiger partial charge is 0.0591 e. The number of rotatable bonds is 3. The number of anilines is 2. The molecule has 1 fully saturated rings. The Kier molecular flexibility index (Phi) is 3.34. The molecule has 0 bridgehead atoms. The molecular formula is C13H20N2O. The summed E-state index contributed by atoms with van der Waals surface area (Å²) in [5.74, 6) is 0. The first-order valence-corrected chi connectivity index (χ1v) is 5.84. The maximum atomic E-state index is 5.79. The number of nitrogen functional groups attached to an aromatic ring is 1. The lowest BCUT2D eigenvalue weighted by molar-refractivity contribution is 0.108. The van der Waals surface area contributed by atoms with Gasteiger partial charge in [0.05, 0.1) is 6.10 Å². The van der Waals surface area contributed by atoms with Gasteiger partial charge >= 0.3 is 0 Å². The minimum Gasteiger partial charge on any atom is -0.399 e. The Hall–Kier alpha value is -1.22. The predicted octanol–water partition coefficient (Wildman–Crippen LogP) is 2.56. The first kappa shape index (κ1) is 11.3. The van der Waals surface area contributed by atoms with Crippen molar-refractivity contribution in [2.75, 3.05) is 18.2 Å². The van der Waals surface area contributed by atoms with Crippen LogP contribution in [0.4, 0.5) is 11.4 Å². The summed E-state index contributed by atoms with van der Waals surface area (Å²) >= 11 is 0. The van der Waals surface area contributed by atoms with Crippen LogP contribution in [0.1, 0.15) is 24.8 Å². The van der Waals surface area contributed by atoms with Gasteiger partial charge in [0.25, 0.3) is 0 Å². The first-order valence-electron chi connectivity index (χ1n) is 5.84. The van der Waals surface area contributed by atoms with E-state index in [1.165, 1.54) is 6.42 Å². The maximum Gasteiger partial charge on any atom is 0.0591 e. The molecule has 0 saturated heterocycles. The molecule has 1 aliphatic rings. The fraction of sp³-hybridized carbons (Fsp3) is 0.538. The van der Waals surface area contributed by atoms with Crippen molar-refractivity contribution in [2.45, 2.75) is 38.3 Å². The summed E-state index contributed by atoms with van der Waals surface area (Å²) in [7, 11) is 1.79. The lowest BCUT2D eigenvalue weighted by Crippen LogP contribution is -2.17. The summed E-state index contributed by atoms with van der Waals surface area (Å²) in [6, 6.07) is 6.64. The Balaban J connectivity index is 1.97. The third-order valence-corrected chi connectivity index (χ3v) is 3.36. The summed E-state index contributed by atoms with van der Waals surface area (Å²) in [5.41, 5.74) is 8.94. The molecule has 1 saturated carbocycles. The van der Waals surface area contributed by atoms with Crippen molar-refractivity contribution >= 4 is 11.4 Å². The number of hydrogen-bond donors (Lipinski definition) is 2. The highest BCUT2D eigenvalue weighted by Crippen LogP contribution is 2.26. The molecule has 2 unspecified atom stereocenters. The van der Waals surface area contributed by atoms with Crippen LogP contribution in [0.3, 0.4) is 0 Å². The molecule has 2 rings (SSSR count). The van der Waals surface area contributed by atoms with Crippen LogP contribution in [-0.2, 0) is 4.74 Å². The zero-order valence-electron chi connectivity index (χ0n) is 9.99. The van der Waals surface area contributed by atoms with E-state index in [9.17, 15) is 0 Å². The molecule has 16 heavy (non-hydrogen) atoms. The lowest BCUT2D eigenvalue weighted by atomic mass is 10.1. The highest BCUT2D eigenvalue weighted by molar-refractivity contribution is 5.57. The largest absolute Gasteiger partial charge is 0.399 e. The van der Waals surface area contributed by atoms with Crippen LogP contribution in [0, 0.1) is 6.92 Å². The van der Waals surface area contributed by atoms with E-state index in [0.29, 0.717) is 12.1 Å². The van der Waals surface area contributed by atoms with E-state index >= 15 is 0 Å². The monoisotopic (exact) mass is 220 g/mol. The van der Waals surface area contributed by atoms with Gasteiger partial charge in [0.15, 0.2) is 0 Å². The van der Waals surface area contributed by atoms with Gasteiger partial charge in [-0.25, -0.2) is 0 Å². The molecule has 0 aromatic heterocycles. The molecular weight excluding hydrogens is 200 g/mol. The van der Waals surface area contributed by atoms with Crippen LogP contribution in [0.15, 0.2) is 18.2 Å². The summed E-state index contributed by atoms with van der Waals surface area (Å²) < 4.78 is 5.36. The van der Waals surface area contributed by atoms with Gasteiger partial charge in [-0.3, -0.25) is 0 Å². The van der Waals surface area contributed by atoms with Crippen molar-refractivity contribution in [2.24, 2.45) is 0 Å². The number of ether oxygens (including phenoxy) is 1. The second kappa shape index (κ2) is 4.74. The van der Waals surface area contributed by atoms with Crippen LogP contribution in [0.25, 0.3) is 0 Å². The van der Waals surface area contributed by atoms with Crippen LogP contribution >= 0.6 is 0 Å². The quantitative estimate of drug-likeness (QED) is 0.770. The van der Waals surface area contributed by atoms with Gasteiger partial charge in [-0.15, -0.1) is 0 Å². The van der Waals surface area contributed by atoms with Crippen molar-refractivity contribution < 1.29 is 4.74 Å². The van der Waals surface area contributed by atoms with E-state index in [-0.39, 0.29) is 0 Å². The van der Waals surface area contributed by atoms with E-state index in [0.717, 1.165) is 29.8 Å². The van der Waals surface area contributed by atoms with Gasteiger partial charge in [-0.05, 0) is 49.9 Å². The van der Waals surface area contributed by atoms with Crippen molar-refractivity contribution in [3.05, 3.63) is 23.8 Å². The molecule has 3 nitrogen and oxygen atoms in total. The van der Waals surface area contributed by atoms with Crippen LogP contribution in [0.5, 0.6) is 0 Å². The minimum atomic E-state index is 0.423. The summed E-state index contributed by atoms with van der Waals surface area (Å²) in [4.78, 5) is 0. The molecule has 0 heterocycles. The summed E-state index contributed by atoms with van der Waals surface area (Å²) in [5, 5.41) is 3.54. The molecule has 0 aliphatic heterocycles. The average molecular weight is 220 g/mol.